The standard InChI is InChI=1S/C14H18BrN3O2/c1-3-6-18-14(16-9-17-18)8-12(19)10-4-5-13(20-2)11(15)7-10/h4-5,7,9,12,19H,3,6,8H2,1-2H3. The van der Waals surface area contributed by atoms with E-state index in [2.05, 4.69) is 32.9 Å². The van der Waals surface area contributed by atoms with Crippen molar-refractivity contribution in [1.82, 2.24) is 14.8 Å². The van der Waals surface area contributed by atoms with Crippen LogP contribution in [0, 0.1) is 0 Å². The van der Waals surface area contributed by atoms with Crippen molar-refractivity contribution in [3.63, 3.8) is 0 Å². The first-order chi connectivity index (χ1) is 9.65. The lowest BCUT2D eigenvalue weighted by molar-refractivity contribution is 0.173. The molecule has 108 valence electrons. The van der Waals surface area contributed by atoms with E-state index in [1.807, 2.05) is 22.9 Å². The molecule has 0 saturated carbocycles. The molecule has 0 aliphatic rings. The molecule has 1 aromatic heterocycles. The van der Waals surface area contributed by atoms with Gasteiger partial charge in [-0.1, -0.05) is 13.0 Å². The largest absolute Gasteiger partial charge is 0.496 e. The van der Waals surface area contributed by atoms with Crippen LogP contribution in [0.15, 0.2) is 29.0 Å². The summed E-state index contributed by atoms with van der Waals surface area (Å²) in [4.78, 5) is 4.21. The maximum atomic E-state index is 10.3. The zero-order valence-electron chi connectivity index (χ0n) is 11.6. The van der Waals surface area contributed by atoms with E-state index < -0.39 is 6.10 Å². The molecule has 1 heterocycles. The second kappa shape index (κ2) is 6.85. The average molecular weight is 340 g/mol. The third-order valence-electron chi connectivity index (χ3n) is 3.07. The molecule has 0 aliphatic carbocycles. The molecular formula is C14H18BrN3O2. The quantitative estimate of drug-likeness (QED) is 0.878. The monoisotopic (exact) mass is 339 g/mol. The Morgan fingerprint density at radius 1 is 1.45 bits per heavy atom. The Bertz CT molecular complexity index is 571. The molecule has 0 spiro atoms. The van der Waals surface area contributed by atoms with Gasteiger partial charge < -0.3 is 9.84 Å². The van der Waals surface area contributed by atoms with Crippen molar-refractivity contribution in [3.05, 3.63) is 40.4 Å². The molecule has 2 aromatic rings. The summed E-state index contributed by atoms with van der Waals surface area (Å²) in [5, 5.41) is 14.5. The first-order valence-electron chi connectivity index (χ1n) is 6.54. The lowest BCUT2D eigenvalue weighted by Crippen LogP contribution is -2.10. The Morgan fingerprint density at radius 3 is 2.90 bits per heavy atom. The summed E-state index contributed by atoms with van der Waals surface area (Å²) in [6.07, 6.45) is 2.35. The van der Waals surface area contributed by atoms with Gasteiger partial charge in [-0.3, -0.25) is 4.68 Å². The summed E-state index contributed by atoms with van der Waals surface area (Å²) < 4.78 is 7.84. The summed E-state index contributed by atoms with van der Waals surface area (Å²) in [7, 11) is 1.61. The van der Waals surface area contributed by atoms with Gasteiger partial charge in [-0.25, -0.2) is 4.98 Å². The van der Waals surface area contributed by atoms with Crippen LogP contribution < -0.4 is 4.74 Å². The van der Waals surface area contributed by atoms with Gasteiger partial charge in [0.05, 0.1) is 17.7 Å². The molecule has 0 fully saturated rings. The lowest BCUT2D eigenvalue weighted by atomic mass is 10.1. The fraction of sp³-hybridized carbons (Fsp3) is 0.429. The van der Waals surface area contributed by atoms with Crippen LogP contribution in [-0.4, -0.2) is 27.0 Å². The van der Waals surface area contributed by atoms with Crippen molar-refractivity contribution in [2.75, 3.05) is 7.11 Å². The Hall–Kier alpha value is -1.40. The van der Waals surface area contributed by atoms with Crippen LogP contribution in [0.1, 0.15) is 30.8 Å². The Morgan fingerprint density at radius 2 is 2.25 bits per heavy atom. The summed E-state index contributed by atoms with van der Waals surface area (Å²) in [6, 6.07) is 5.55. The van der Waals surface area contributed by atoms with Gasteiger partial charge in [-0.05, 0) is 40.0 Å². The number of aliphatic hydroxyl groups is 1. The number of halogens is 1. The molecule has 0 aliphatic heterocycles. The van der Waals surface area contributed by atoms with Crippen LogP contribution >= 0.6 is 15.9 Å². The van der Waals surface area contributed by atoms with Crippen LogP contribution in [0.5, 0.6) is 5.75 Å². The SMILES string of the molecule is CCCn1ncnc1CC(O)c1ccc(OC)c(Br)c1. The van der Waals surface area contributed by atoms with Gasteiger partial charge in [0, 0.05) is 13.0 Å². The zero-order chi connectivity index (χ0) is 14.5. The highest BCUT2D eigenvalue weighted by Gasteiger charge is 2.14. The van der Waals surface area contributed by atoms with E-state index in [4.69, 9.17) is 4.74 Å². The van der Waals surface area contributed by atoms with Gasteiger partial charge in [-0.15, -0.1) is 0 Å². The van der Waals surface area contributed by atoms with Gasteiger partial charge in [0.15, 0.2) is 0 Å². The fourth-order valence-corrected chi connectivity index (χ4v) is 2.58. The molecule has 0 radical (unpaired) electrons. The molecule has 1 aromatic carbocycles. The maximum absolute atomic E-state index is 10.3. The number of benzene rings is 1. The van der Waals surface area contributed by atoms with E-state index >= 15 is 0 Å². The van der Waals surface area contributed by atoms with Crippen LogP contribution in [0.4, 0.5) is 0 Å². The van der Waals surface area contributed by atoms with Gasteiger partial charge >= 0.3 is 0 Å². The normalized spacial score (nSPS) is 12.4. The van der Waals surface area contributed by atoms with Gasteiger partial charge in [0.1, 0.15) is 17.9 Å². The van der Waals surface area contributed by atoms with E-state index in [0.29, 0.717) is 6.42 Å². The van der Waals surface area contributed by atoms with Crippen LogP contribution in [0.3, 0.4) is 0 Å². The maximum Gasteiger partial charge on any atom is 0.138 e. The number of hydrogen-bond acceptors (Lipinski definition) is 4. The van der Waals surface area contributed by atoms with Crippen molar-refractivity contribution >= 4 is 15.9 Å². The fourth-order valence-electron chi connectivity index (χ4n) is 2.03. The Kier molecular flexibility index (Phi) is 5.14. The highest BCUT2D eigenvalue weighted by Crippen LogP contribution is 2.29. The van der Waals surface area contributed by atoms with Crippen molar-refractivity contribution in [3.8, 4) is 5.75 Å². The van der Waals surface area contributed by atoms with E-state index in [9.17, 15) is 5.11 Å². The van der Waals surface area contributed by atoms with Gasteiger partial charge in [-0.2, -0.15) is 5.10 Å². The zero-order valence-corrected chi connectivity index (χ0v) is 13.2. The molecule has 0 amide bonds. The number of aromatic nitrogens is 3. The number of methoxy groups -OCH3 is 1. The molecule has 5 nitrogen and oxygen atoms in total. The molecule has 1 N–H and O–H groups in total. The molecule has 1 unspecified atom stereocenters. The third kappa shape index (κ3) is 3.37. The number of hydrogen-bond donors (Lipinski definition) is 1. The Labute approximate surface area is 126 Å². The van der Waals surface area contributed by atoms with E-state index in [-0.39, 0.29) is 0 Å². The average Bonchev–Trinajstić information content (AvgIpc) is 2.86. The van der Waals surface area contributed by atoms with E-state index in [1.165, 1.54) is 6.33 Å². The number of nitrogens with zero attached hydrogens (tertiary/aromatic N) is 3. The minimum absolute atomic E-state index is 0.443. The number of aryl methyl sites for hydroxylation is 1. The first-order valence-corrected chi connectivity index (χ1v) is 7.33. The number of ether oxygens (including phenoxy) is 1. The molecule has 0 saturated heterocycles. The summed E-state index contributed by atoms with van der Waals surface area (Å²) in [6.45, 7) is 2.90. The third-order valence-corrected chi connectivity index (χ3v) is 3.69. The van der Waals surface area contributed by atoms with Crippen molar-refractivity contribution in [2.24, 2.45) is 0 Å². The summed E-state index contributed by atoms with van der Waals surface area (Å²) in [5.74, 6) is 1.54. The first kappa shape index (κ1) is 15.0. The lowest BCUT2D eigenvalue weighted by Gasteiger charge is -2.13. The topological polar surface area (TPSA) is 60.2 Å². The smallest absolute Gasteiger partial charge is 0.138 e. The molecule has 20 heavy (non-hydrogen) atoms. The Balaban J connectivity index is 2.13. The molecule has 0 bridgehead atoms. The number of aliphatic hydroxyl groups excluding tert-OH is 1. The minimum atomic E-state index is -0.614. The van der Waals surface area contributed by atoms with E-state index in [1.54, 1.807) is 7.11 Å². The molecular weight excluding hydrogens is 322 g/mol. The second-order valence-corrected chi connectivity index (χ2v) is 5.37. The molecule has 6 heteroatoms. The van der Waals surface area contributed by atoms with Crippen LogP contribution in [0.25, 0.3) is 0 Å². The van der Waals surface area contributed by atoms with Crippen molar-refractivity contribution in [2.45, 2.75) is 32.4 Å². The summed E-state index contributed by atoms with van der Waals surface area (Å²) in [5.41, 5.74) is 0.823. The molecule has 2 rings (SSSR count). The second-order valence-electron chi connectivity index (χ2n) is 4.51. The van der Waals surface area contributed by atoms with Crippen molar-refractivity contribution in [1.29, 1.82) is 0 Å². The molecule has 1 atom stereocenters. The predicted molar refractivity (Wildman–Crippen MR) is 79.7 cm³/mol. The predicted octanol–water partition coefficient (Wildman–Crippen LogP) is 2.74. The minimum Gasteiger partial charge on any atom is -0.496 e. The highest BCUT2D eigenvalue weighted by molar-refractivity contribution is 9.10. The summed E-state index contributed by atoms with van der Waals surface area (Å²) >= 11 is 3.42. The van der Waals surface area contributed by atoms with Crippen molar-refractivity contribution < 1.29 is 9.84 Å². The van der Waals surface area contributed by atoms with E-state index in [0.717, 1.165) is 34.6 Å². The number of rotatable bonds is 6. The van der Waals surface area contributed by atoms with Crippen LogP contribution in [-0.2, 0) is 13.0 Å². The van der Waals surface area contributed by atoms with Gasteiger partial charge in [0.2, 0.25) is 0 Å². The van der Waals surface area contributed by atoms with Crippen LogP contribution in [0.2, 0.25) is 0 Å². The highest BCUT2D eigenvalue weighted by atomic mass is 79.9. The van der Waals surface area contributed by atoms with Gasteiger partial charge in [0.25, 0.3) is 0 Å².